The van der Waals surface area contributed by atoms with Crippen molar-refractivity contribution in [2.24, 2.45) is 0 Å². The van der Waals surface area contributed by atoms with E-state index in [-0.39, 0.29) is 5.82 Å². The van der Waals surface area contributed by atoms with Crippen molar-refractivity contribution in [1.29, 1.82) is 5.26 Å². The molecule has 0 bridgehead atoms. The normalized spacial score (nSPS) is 10.3. The van der Waals surface area contributed by atoms with Crippen molar-refractivity contribution in [1.82, 2.24) is 9.97 Å². The molecule has 0 aliphatic carbocycles. The fraction of sp³-hybridized carbons (Fsp3) is 0.105. The first kappa shape index (κ1) is 14.7. The molecule has 0 amide bonds. The first-order valence-electron chi connectivity index (χ1n) is 7.29. The van der Waals surface area contributed by atoms with Crippen molar-refractivity contribution in [2.75, 3.05) is 5.73 Å². The van der Waals surface area contributed by atoms with Crippen LogP contribution in [0.1, 0.15) is 16.7 Å². The molecule has 0 unspecified atom stereocenters. The molecule has 4 heteroatoms. The SMILES string of the molecule is Cc1ccc(-c2cc(-c3ccncc3)nc(N)c2C#N)c(C)c1. The Hall–Kier alpha value is -3.19. The highest BCUT2D eigenvalue weighted by atomic mass is 14.8. The van der Waals surface area contributed by atoms with Crippen molar-refractivity contribution in [3.63, 3.8) is 0 Å². The van der Waals surface area contributed by atoms with Gasteiger partial charge in [-0.3, -0.25) is 4.98 Å². The number of rotatable bonds is 2. The Morgan fingerprint density at radius 1 is 1.00 bits per heavy atom. The van der Waals surface area contributed by atoms with Gasteiger partial charge in [0.1, 0.15) is 17.5 Å². The molecule has 0 radical (unpaired) electrons. The molecule has 0 aliphatic rings. The first-order valence-corrected chi connectivity index (χ1v) is 7.29. The van der Waals surface area contributed by atoms with Crippen LogP contribution in [-0.2, 0) is 0 Å². The highest BCUT2D eigenvalue weighted by molar-refractivity contribution is 5.81. The summed E-state index contributed by atoms with van der Waals surface area (Å²) in [5.41, 5.74) is 12.2. The fourth-order valence-electron chi connectivity index (χ4n) is 2.68. The van der Waals surface area contributed by atoms with E-state index < -0.39 is 0 Å². The lowest BCUT2D eigenvalue weighted by atomic mass is 9.94. The van der Waals surface area contributed by atoms with Crippen LogP contribution in [0.3, 0.4) is 0 Å². The second-order valence-corrected chi connectivity index (χ2v) is 5.48. The second kappa shape index (κ2) is 5.90. The van der Waals surface area contributed by atoms with Gasteiger partial charge in [-0.25, -0.2) is 4.98 Å². The third-order valence-corrected chi connectivity index (χ3v) is 3.81. The van der Waals surface area contributed by atoms with Gasteiger partial charge in [-0.1, -0.05) is 23.8 Å². The van der Waals surface area contributed by atoms with Crippen LogP contribution in [0.25, 0.3) is 22.4 Å². The number of anilines is 1. The van der Waals surface area contributed by atoms with Crippen LogP contribution in [0, 0.1) is 25.2 Å². The van der Waals surface area contributed by atoms with E-state index in [1.54, 1.807) is 12.4 Å². The maximum atomic E-state index is 9.49. The van der Waals surface area contributed by atoms with Gasteiger partial charge in [-0.05, 0) is 43.2 Å². The topological polar surface area (TPSA) is 75.6 Å². The standard InChI is InChI=1S/C19H16N4/c1-12-3-4-15(13(2)9-12)16-10-18(14-5-7-22-8-6-14)23-19(21)17(16)11-20/h3-10H,1-2H3,(H2,21,23). The largest absolute Gasteiger partial charge is 0.383 e. The average molecular weight is 300 g/mol. The number of hydrogen-bond donors (Lipinski definition) is 1. The van der Waals surface area contributed by atoms with Crippen LogP contribution in [0.2, 0.25) is 0 Å². The molecule has 2 aromatic heterocycles. The number of pyridine rings is 2. The van der Waals surface area contributed by atoms with E-state index in [4.69, 9.17) is 5.73 Å². The lowest BCUT2D eigenvalue weighted by molar-refractivity contribution is 1.28. The zero-order valence-corrected chi connectivity index (χ0v) is 13.0. The van der Waals surface area contributed by atoms with E-state index in [0.717, 1.165) is 27.9 Å². The Morgan fingerprint density at radius 3 is 2.39 bits per heavy atom. The van der Waals surface area contributed by atoms with Crippen LogP contribution in [-0.4, -0.2) is 9.97 Å². The molecule has 0 fully saturated rings. The van der Waals surface area contributed by atoms with E-state index in [0.29, 0.717) is 5.56 Å². The number of aryl methyl sites for hydroxylation is 2. The lowest BCUT2D eigenvalue weighted by Gasteiger charge is -2.12. The molecule has 3 aromatic rings. The molecule has 0 spiro atoms. The predicted octanol–water partition coefficient (Wildman–Crippen LogP) is 3.88. The zero-order chi connectivity index (χ0) is 16.4. The van der Waals surface area contributed by atoms with E-state index in [9.17, 15) is 5.26 Å². The summed E-state index contributed by atoms with van der Waals surface area (Å²) in [6, 6.07) is 14.0. The molecule has 0 saturated carbocycles. The van der Waals surface area contributed by atoms with Crippen molar-refractivity contribution < 1.29 is 0 Å². The van der Waals surface area contributed by atoms with Gasteiger partial charge >= 0.3 is 0 Å². The summed E-state index contributed by atoms with van der Waals surface area (Å²) in [6.45, 7) is 4.08. The van der Waals surface area contributed by atoms with Gasteiger partial charge in [0.15, 0.2) is 0 Å². The van der Waals surface area contributed by atoms with E-state index in [1.807, 2.05) is 44.2 Å². The van der Waals surface area contributed by atoms with Crippen molar-refractivity contribution in [3.05, 3.63) is 65.5 Å². The van der Waals surface area contributed by atoms with Gasteiger partial charge in [0.25, 0.3) is 0 Å². The number of nitrogens with zero attached hydrogens (tertiary/aromatic N) is 3. The van der Waals surface area contributed by atoms with E-state index in [1.165, 1.54) is 5.56 Å². The maximum absolute atomic E-state index is 9.49. The summed E-state index contributed by atoms with van der Waals surface area (Å²) in [6.07, 6.45) is 3.42. The van der Waals surface area contributed by atoms with E-state index >= 15 is 0 Å². The highest BCUT2D eigenvalue weighted by Gasteiger charge is 2.14. The minimum Gasteiger partial charge on any atom is -0.383 e. The average Bonchev–Trinajstić information content (AvgIpc) is 2.55. The van der Waals surface area contributed by atoms with Crippen LogP contribution in [0.15, 0.2) is 48.8 Å². The molecule has 3 rings (SSSR count). The molecule has 4 nitrogen and oxygen atoms in total. The number of benzene rings is 1. The van der Waals surface area contributed by atoms with Gasteiger partial charge < -0.3 is 5.73 Å². The third-order valence-electron chi connectivity index (χ3n) is 3.81. The van der Waals surface area contributed by atoms with E-state index in [2.05, 4.69) is 22.1 Å². The lowest BCUT2D eigenvalue weighted by Crippen LogP contribution is -2.00. The summed E-state index contributed by atoms with van der Waals surface area (Å²) in [4.78, 5) is 8.40. The fourth-order valence-corrected chi connectivity index (χ4v) is 2.68. The molecular formula is C19H16N4. The summed E-state index contributed by atoms with van der Waals surface area (Å²) >= 11 is 0. The second-order valence-electron chi connectivity index (χ2n) is 5.48. The third kappa shape index (κ3) is 2.77. The summed E-state index contributed by atoms with van der Waals surface area (Å²) < 4.78 is 0. The molecule has 2 heterocycles. The molecule has 1 aromatic carbocycles. The molecule has 0 saturated heterocycles. The maximum Gasteiger partial charge on any atom is 0.142 e. The molecule has 0 aliphatic heterocycles. The number of nitriles is 1. The molecule has 2 N–H and O–H groups in total. The molecular weight excluding hydrogens is 284 g/mol. The monoisotopic (exact) mass is 300 g/mol. The Labute approximate surface area is 135 Å². The Kier molecular flexibility index (Phi) is 3.78. The van der Waals surface area contributed by atoms with Crippen molar-refractivity contribution >= 4 is 5.82 Å². The van der Waals surface area contributed by atoms with Gasteiger partial charge in [0, 0.05) is 23.5 Å². The van der Waals surface area contributed by atoms with Crippen LogP contribution < -0.4 is 5.73 Å². The van der Waals surface area contributed by atoms with Gasteiger partial charge in [-0.2, -0.15) is 5.26 Å². The van der Waals surface area contributed by atoms with Crippen LogP contribution >= 0.6 is 0 Å². The number of aromatic nitrogens is 2. The highest BCUT2D eigenvalue weighted by Crippen LogP contribution is 2.33. The minimum atomic E-state index is 0.247. The van der Waals surface area contributed by atoms with Crippen LogP contribution in [0.4, 0.5) is 5.82 Å². The Bertz CT molecular complexity index is 909. The first-order chi connectivity index (χ1) is 11.1. The number of hydrogen-bond acceptors (Lipinski definition) is 4. The predicted molar refractivity (Wildman–Crippen MR) is 91.5 cm³/mol. The Balaban J connectivity index is 2.27. The molecule has 23 heavy (non-hydrogen) atoms. The van der Waals surface area contributed by atoms with Crippen molar-refractivity contribution in [2.45, 2.75) is 13.8 Å². The summed E-state index contributed by atoms with van der Waals surface area (Å²) in [5.74, 6) is 0.247. The zero-order valence-electron chi connectivity index (χ0n) is 13.0. The van der Waals surface area contributed by atoms with Crippen molar-refractivity contribution in [3.8, 4) is 28.5 Å². The smallest absolute Gasteiger partial charge is 0.142 e. The van der Waals surface area contributed by atoms with Gasteiger partial charge in [0.2, 0.25) is 0 Å². The summed E-state index contributed by atoms with van der Waals surface area (Å²) in [5, 5.41) is 9.49. The Morgan fingerprint density at radius 2 is 1.74 bits per heavy atom. The van der Waals surface area contributed by atoms with Crippen LogP contribution in [0.5, 0.6) is 0 Å². The van der Waals surface area contributed by atoms with Gasteiger partial charge in [0.05, 0.1) is 5.69 Å². The number of nitrogens with two attached hydrogens (primary N) is 1. The number of nitrogen functional groups attached to an aromatic ring is 1. The molecule has 0 atom stereocenters. The van der Waals surface area contributed by atoms with Gasteiger partial charge in [-0.15, -0.1) is 0 Å². The minimum absolute atomic E-state index is 0.247. The quantitative estimate of drug-likeness (QED) is 0.779. The molecule has 112 valence electrons. The summed E-state index contributed by atoms with van der Waals surface area (Å²) in [7, 11) is 0.